The molecule has 0 amide bonds. The van der Waals surface area contributed by atoms with E-state index in [4.69, 9.17) is 5.73 Å². The zero-order valence-corrected chi connectivity index (χ0v) is 7.41. The third-order valence-corrected chi connectivity index (χ3v) is 2.12. The zero-order chi connectivity index (χ0) is 9.26. The Bertz CT molecular complexity index is 437. The summed E-state index contributed by atoms with van der Waals surface area (Å²) in [5.74, 6) is 0. The van der Waals surface area contributed by atoms with Crippen molar-refractivity contribution in [2.24, 2.45) is 0 Å². The van der Waals surface area contributed by atoms with Gasteiger partial charge in [-0.1, -0.05) is 0 Å². The fraction of sp³-hybridized carbons (Fsp3) is 0.100. The molecule has 0 aliphatic carbocycles. The van der Waals surface area contributed by atoms with Crippen molar-refractivity contribution < 1.29 is 0 Å². The van der Waals surface area contributed by atoms with Crippen LogP contribution in [0.5, 0.6) is 0 Å². The van der Waals surface area contributed by atoms with Crippen molar-refractivity contribution in [2.45, 2.75) is 0 Å². The lowest BCUT2D eigenvalue weighted by Gasteiger charge is -2.06. The highest BCUT2D eigenvalue weighted by atomic mass is 14.8. The average molecular weight is 173 g/mol. The van der Waals surface area contributed by atoms with Gasteiger partial charge in [0.1, 0.15) is 0 Å². The Morgan fingerprint density at radius 1 is 1.23 bits per heavy atom. The van der Waals surface area contributed by atoms with E-state index in [1.807, 2.05) is 25.2 Å². The maximum absolute atomic E-state index is 5.81. The molecule has 1 aromatic heterocycles. The highest BCUT2D eigenvalue weighted by Gasteiger charge is 2.01. The summed E-state index contributed by atoms with van der Waals surface area (Å²) in [7, 11) is 1.89. The Morgan fingerprint density at radius 3 is 2.85 bits per heavy atom. The predicted molar refractivity (Wildman–Crippen MR) is 55.7 cm³/mol. The van der Waals surface area contributed by atoms with Crippen molar-refractivity contribution in [2.75, 3.05) is 18.1 Å². The number of pyridine rings is 1. The van der Waals surface area contributed by atoms with E-state index in [0.717, 1.165) is 22.1 Å². The van der Waals surface area contributed by atoms with Gasteiger partial charge in [0.2, 0.25) is 0 Å². The van der Waals surface area contributed by atoms with E-state index >= 15 is 0 Å². The lowest BCUT2D eigenvalue weighted by Crippen LogP contribution is -1.93. The van der Waals surface area contributed by atoms with Gasteiger partial charge in [-0.05, 0) is 18.2 Å². The molecule has 2 aromatic rings. The summed E-state index contributed by atoms with van der Waals surface area (Å²) in [6.45, 7) is 0. The van der Waals surface area contributed by atoms with Gasteiger partial charge in [-0.15, -0.1) is 0 Å². The van der Waals surface area contributed by atoms with E-state index in [0.29, 0.717) is 0 Å². The predicted octanol–water partition coefficient (Wildman–Crippen LogP) is 1.86. The number of nitrogens with two attached hydrogens (primary N) is 1. The average Bonchev–Trinajstić information content (AvgIpc) is 2.19. The Balaban J connectivity index is 2.84. The van der Waals surface area contributed by atoms with Crippen LogP contribution in [-0.4, -0.2) is 12.0 Å². The van der Waals surface area contributed by atoms with Crippen LogP contribution in [-0.2, 0) is 0 Å². The molecule has 0 aliphatic heterocycles. The van der Waals surface area contributed by atoms with Gasteiger partial charge >= 0.3 is 0 Å². The first-order chi connectivity index (χ1) is 6.33. The Labute approximate surface area is 76.6 Å². The first-order valence-corrected chi connectivity index (χ1v) is 4.13. The Morgan fingerprint density at radius 2 is 2.08 bits per heavy atom. The third kappa shape index (κ3) is 1.18. The minimum Gasteiger partial charge on any atom is -0.398 e. The zero-order valence-electron chi connectivity index (χ0n) is 7.41. The molecule has 3 nitrogen and oxygen atoms in total. The first-order valence-electron chi connectivity index (χ1n) is 4.13. The summed E-state index contributed by atoms with van der Waals surface area (Å²) in [5.41, 5.74) is 7.65. The van der Waals surface area contributed by atoms with E-state index in [-0.39, 0.29) is 0 Å². The lowest BCUT2D eigenvalue weighted by molar-refractivity contribution is 1.36. The minimum atomic E-state index is 0.766. The number of benzene rings is 1. The summed E-state index contributed by atoms with van der Waals surface area (Å²) < 4.78 is 0. The molecule has 3 N–H and O–H groups in total. The molecule has 0 radical (unpaired) electrons. The third-order valence-electron chi connectivity index (χ3n) is 2.12. The van der Waals surface area contributed by atoms with Crippen molar-refractivity contribution in [3.8, 4) is 0 Å². The van der Waals surface area contributed by atoms with E-state index in [2.05, 4.69) is 10.3 Å². The Kier molecular flexibility index (Phi) is 1.77. The molecule has 1 aromatic carbocycles. The molecule has 0 aliphatic rings. The van der Waals surface area contributed by atoms with Crippen LogP contribution in [0.2, 0.25) is 0 Å². The van der Waals surface area contributed by atoms with Crippen LogP contribution in [0.4, 0.5) is 11.4 Å². The quantitative estimate of drug-likeness (QED) is 0.647. The summed E-state index contributed by atoms with van der Waals surface area (Å²) in [6.07, 6.45) is 3.55. The molecule has 0 atom stereocenters. The molecule has 0 spiro atoms. The molecule has 1 heterocycles. The van der Waals surface area contributed by atoms with Crippen LogP contribution < -0.4 is 11.1 Å². The molecule has 0 unspecified atom stereocenters. The maximum Gasteiger partial charge on any atom is 0.0419 e. The molecule has 13 heavy (non-hydrogen) atoms. The van der Waals surface area contributed by atoms with Crippen LogP contribution in [0.1, 0.15) is 0 Å². The number of nitrogen functional groups attached to an aromatic ring is 1. The fourth-order valence-electron chi connectivity index (χ4n) is 1.43. The number of hydrogen-bond donors (Lipinski definition) is 2. The van der Waals surface area contributed by atoms with Gasteiger partial charge in [-0.25, -0.2) is 0 Å². The van der Waals surface area contributed by atoms with Gasteiger partial charge < -0.3 is 11.1 Å². The number of nitrogens with zero attached hydrogens (tertiary/aromatic N) is 1. The van der Waals surface area contributed by atoms with E-state index < -0.39 is 0 Å². The second kappa shape index (κ2) is 2.94. The summed E-state index contributed by atoms with van der Waals surface area (Å²) in [4.78, 5) is 4.04. The van der Waals surface area contributed by atoms with Crippen LogP contribution in [0, 0.1) is 0 Å². The van der Waals surface area contributed by atoms with Crippen molar-refractivity contribution in [3.63, 3.8) is 0 Å². The number of anilines is 2. The number of rotatable bonds is 1. The molecular formula is C10H11N3. The van der Waals surface area contributed by atoms with Crippen molar-refractivity contribution in [1.29, 1.82) is 0 Å². The van der Waals surface area contributed by atoms with Crippen molar-refractivity contribution >= 4 is 22.1 Å². The summed E-state index contributed by atoms with van der Waals surface area (Å²) in [5, 5.41) is 5.22. The van der Waals surface area contributed by atoms with Gasteiger partial charge in [0, 0.05) is 41.6 Å². The number of aromatic nitrogens is 1. The molecule has 0 fully saturated rings. The topological polar surface area (TPSA) is 50.9 Å². The summed E-state index contributed by atoms with van der Waals surface area (Å²) >= 11 is 0. The minimum absolute atomic E-state index is 0.766. The molecule has 0 saturated carbocycles. The van der Waals surface area contributed by atoms with Gasteiger partial charge in [0.15, 0.2) is 0 Å². The number of fused-ring (bicyclic) bond motifs is 1. The van der Waals surface area contributed by atoms with E-state index in [1.54, 1.807) is 12.4 Å². The fourth-order valence-corrected chi connectivity index (χ4v) is 1.43. The molecule has 66 valence electrons. The van der Waals surface area contributed by atoms with E-state index in [9.17, 15) is 0 Å². The number of nitrogens with one attached hydrogen (secondary N) is 1. The molecule has 0 saturated heterocycles. The van der Waals surface area contributed by atoms with E-state index in [1.165, 1.54) is 0 Å². The van der Waals surface area contributed by atoms with Crippen LogP contribution >= 0.6 is 0 Å². The Hall–Kier alpha value is -1.77. The molecular weight excluding hydrogens is 162 g/mol. The van der Waals surface area contributed by atoms with Gasteiger partial charge in [-0.3, -0.25) is 4.98 Å². The standard InChI is InChI=1S/C10H11N3/c1-12-10-3-2-9(11)8-6-13-5-4-7(8)10/h2-6,12H,11H2,1H3. The second-order valence-corrected chi connectivity index (χ2v) is 2.87. The van der Waals surface area contributed by atoms with Gasteiger partial charge in [0.25, 0.3) is 0 Å². The number of hydrogen-bond acceptors (Lipinski definition) is 3. The molecule has 0 bridgehead atoms. The molecule has 2 rings (SSSR count). The van der Waals surface area contributed by atoms with Gasteiger partial charge in [0.05, 0.1) is 0 Å². The lowest BCUT2D eigenvalue weighted by atomic mass is 10.1. The smallest absolute Gasteiger partial charge is 0.0419 e. The maximum atomic E-state index is 5.81. The van der Waals surface area contributed by atoms with Gasteiger partial charge in [-0.2, -0.15) is 0 Å². The second-order valence-electron chi connectivity index (χ2n) is 2.87. The SMILES string of the molecule is CNc1ccc(N)c2cnccc12. The van der Waals surface area contributed by atoms with Crippen LogP contribution in [0.3, 0.4) is 0 Å². The van der Waals surface area contributed by atoms with Crippen molar-refractivity contribution in [1.82, 2.24) is 4.98 Å². The van der Waals surface area contributed by atoms with Crippen LogP contribution in [0.25, 0.3) is 10.8 Å². The summed E-state index contributed by atoms with van der Waals surface area (Å²) in [6, 6.07) is 5.81. The monoisotopic (exact) mass is 173 g/mol. The first kappa shape index (κ1) is 7.86. The normalized spacial score (nSPS) is 10.2. The molecule has 3 heteroatoms. The van der Waals surface area contributed by atoms with Crippen LogP contribution in [0.15, 0.2) is 30.6 Å². The largest absolute Gasteiger partial charge is 0.398 e. The highest BCUT2D eigenvalue weighted by Crippen LogP contribution is 2.26. The van der Waals surface area contributed by atoms with Crippen molar-refractivity contribution in [3.05, 3.63) is 30.6 Å². The highest BCUT2D eigenvalue weighted by molar-refractivity contribution is 6.00.